The van der Waals surface area contributed by atoms with Crippen molar-refractivity contribution in [2.75, 3.05) is 5.32 Å². The van der Waals surface area contributed by atoms with Crippen LogP contribution in [0.4, 0.5) is 11.7 Å². The molecule has 0 bridgehead atoms. The van der Waals surface area contributed by atoms with Crippen molar-refractivity contribution in [3.8, 4) is 5.75 Å². The van der Waals surface area contributed by atoms with Crippen molar-refractivity contribution in [2.45, 2.75) is 6.54 Å². The van der Waals surface area contributed by atoms with Gasteiger partial charge in [-0.15, -0.1) is 0 Å². The molecule has 2 aromatic carbocycles. The molecule has 0 unspecified atom stereocenters. The van der Waals surface area contributed by atoms with E-state index < -0.39 is 4.92 Å². The van der Waals surface area contributed by atoms with Gasteiger partial charge in [0.2, 0.25) is 0 Å². The van der Waals surface area contributed by atoms with Crippen molar-refractivity contribution >= 4 is 22.8 Å². The van der Waals surface area contributed by atoms with Crippen molar-refractivity contribution < 1.29 is 14.4 Å². The van der Waals surface area contributed by atoms with Gasteiger partial charge in [0.15, 0.2) is 5.58 Å². The number of non-ortho nitro benzene ring substituents is 1. The van der Waals surface area contributed by atoms with E-state index in [1.807, 2.05) is 0 Å². The molecule has 1 heterocycles. The molecule has 0 aliphatic heterocycles. The zero-order chi connectivity index (χ0) is 14.8. The van der Waals surface area contributed by atoms with Crippen molar-refractivity contribution in [3.05, 3.63) is 58.1 Å². The van der Waals surface area contributed by atoms with Gasteiger partial charge in [0, 0.05) is 18.7 Å². The SMILES string of the molecule is O=[N+]([O-])c1ccc2oc(NCc3ccc(O)cc3)nc2c1. The molecule has 0 saturated carbocycles. The summed E-state index contributed by atoms with van der Waals surface area (Å²) in [6, 6.07) is 11.3. The molecule has 21 heavy (non-hydrogen) atoms. The lowest BCUT2D eigenvalue weighted by atomic mass is 10.2. The van der Waals surface area contributed by atoms with Gasteiger partial charge in [0.05, 0.1) is 4.92 Å². The Labute approximate surface area is 119 Å². The minimum atomic E-state index is -0.475. The van der Waals surface area contributed by atoms with Gasteiger partial charge >= 0.3 is 0 Å². The standard InChI is InChI=1S/C14H11N3O4/c18-11-4-1-9(2-5-11)8-15-14-16-12-7-10(17(19)20)3-6-13(12)21-14/h1-7,18H,8H2,(H,15,16). The zero-order valence-corrected chi connectivity index (χ0v) is 10.8. The molecule has 0 amide bonds. The van der Waals surface area contributed by atoms with Crippen LogP contribution in [0.3, 0.4) is 0 Å². The number of anilines is 1. The quantitative estimate of drug-likeness (QED) is 0.564. The fourth-order valence-electron chi connectivity index (χ4n) is 1.90. The number of hydrogen-bond donors (Lipinski definition) is 2. The van der Waals surface area contributed by atoms with Crippen LogP contribution in [0.5, 0.6) is 5.75 Å². The average Bonchev–Trinajstić information content (AvgIpc) is 2.88. The van der Waals surface area contributed by atoms with E-state index in [1.165, 1.54) is 18.2 Å². The van der Waals surface area contributed by atoms with Crippen LogP contribution in [0.15, 0.2) is 46.9 Å². The van der Waals surface area contributed by atoms with Crippen molar-refractivity contribution in [1.29, 1.82) is 0 Å². The zero-order valence-electron chi connectivity index (χ0n) is 10.8. The number of benzene rings is 2. The van der Waals surface area contributed by atoms with Gasteiger partial charge in [-0.2, -0.15) is 4.98 Å². The number of fused-ring (bicyclic) bond motifs is 1. The fourth-order valence-corrected chi connectivity index (χ4v) is 1.90. The molecule has 0 aliphatic rings. The molecule has 0 atom stereocenters. The summed E-state index contributed by atoms with van der Waals surface area (Å²) in [6.45, 7) is 0.467. The number of aromatic nitrogens is 1. The van der Waals surface area contributed by atoms with Crippen LogP contribution in [0, 0.1) is 10.1 Å². The second-order valence-electron chi connectivity index (χ2n) is 4.45. The van der Waals surface area contributed by atoms with E-state index in [0.29, 0.717) is 23.7 Å². The molecule has 7 heteroatoms. The van der Waals surface area contributed by atoms with Gasteiger partial charge in [0.1, 0.15) is 11.3 Å². The predicted molar refractivity (Wildman–Crippen MR) is 76.1 cm³/mol. The minimum Gasteiger partial charge on any atom is -0.508 e. The number of nitrogens with one attached hydrogen (secondary N) is 1. The summed E-state index contributed by atoms with van der Waals surface area (Å²) >= 11 is 0. The maximum Gasteiger partial charge on any atom is 0.295 e. The first-order valence-electron chi connectivity index (χ1n) is 6.18. The molecule has 0 fully saturated rings. The van der Waals surface area contributed by atoms with Crippen LogP contribution in [-0.4, -0.2) is 15.0 Å². The molecule has 0 aliphatic carbocycles. The Morgan fingerprint density at radius 3 is 2.71 bits per heavy atom. The number of nitro benzene ring substituents is 1. The number of phenols is 1. The van der Waals surface area contributed by atoms with Gasteiger partial charge in [0.25, 0.3) is 11.7 Å². The van der Waals surface area contributed by atoms with Crippen LogP contribution < -0.4 is 5.32 Å². The molecule has 1 aromatic heterocycles. The predicted octanol–water partition coefficient (Wildman–Crippen LogP) is 3.05. The van der Waals surface area contributed by atoms with E-state index in [2.05, 4.69) is 10.3 Å². The Balaban J connectivity index is 1.78. The topological polar surface area (TPSA) is 101 Å². The molecule has 0 saturated heterocycles. The van der Waals surface area contributed by atoms with Gasteiger partial charge in [-0.3, -0.25) is 10.1 Å². The molecule has 2 N–H and O–H groups in total. The summed E-state index contributed by atoms with van der Waals surface area (Å²) in [7, 11) is 0. The number of rotatable bonds is 4. The second kappa shape index (κ2) is 5.12. The Morgan fingerprint density at radius 2 is 2.00 bits per heavy atom. The summed E-state index contributed by atoms with van der Waals surface area (Å²) in [6.07, 6.45) is 0. The number of nitrogens with zero attached hydrogens (tertiary/aromatic N) is 2. The highest BCUT2D eigenvalue weighted by Crippen LogP contribution is 2.23. The van der Waals surface area contributed by atoms with E-state index in [1.54, 1.807) is 24.3 Å². The highest BCUT2D eigenvalue weighted by atomic mass is 16.6. The highest BCUT2D eigenvalue weighted by molar-refractivity contribution is 5.77. The van der Waals surface area contributed by atoms with Gasteiger partial charge in [-0.05, 0) is 23.8 Å². The number of nitro groups is 1. The number of oxazole rings is 1. The van der Waals surface area contributed by atoms with E-state index in [9.17, 15) is 15.2 Å². The van der Waals surface area contributed by atoms with Gasteiger partial charge in [-0.1, -0.05) is 12.1 Å². The molecule has 3 aromatic rings. The Hall–Kier alpha value is -3.09. The Bertz CT molecular complexity index is 796. The first-order valence-corrected chi connectivity index (χ1v) is 6.18. The van der Waals surface area contributed by atoms with Crippen LogP contribution in [0.25, 0.3) is 11.1 Å². The summed E-state index contributed by atoms with van der Waals surface area (Å²) in [5.41, 5.74) is 1.83. The maximum absolute atomic E-state index is 10.7. The maximum atomic E-state index is 10.7. The fraction of sp³-hybridized carbons (Fsp3) is 0.0714. The second-order valence-corrected chi connectivity index (χ2v) is 4.45. The molecule has 106 valence electrons. The van der Waals surface area contributed by atoms with E-state index in [0.717, 1.165) is 5.56 Å². The third-order valence-electron chi connectivity index (χ3n) is 2.96. The lowest BCUT2D eigenvalue weighted by Gasteiger charge is -2.01. The molecular formula is C14H11N3O4. The van der Waals surface area contributed by atoms with Crippen LogP contribution in [-0.2, 0) is 6.54 Å². The molecule has 0 radical (unpaired) electrons. The highest BCUT2D eigenvalue weighted by Gasteiger charge is 2.11. The molecule has 7 nitrogen and oxygen atoms in total. The summed E-state index contributed by atoms with van der Waals surface area (Å²) in [5, 5.41) is 22.9. The average molecular weight is 285 g/mol. The molecule has 0 spiro atoms. The smallest absolute Gasteiger partial charge is 0.295 e. The summed E-state index contributed by atoms with van der Waals surface area (Å²) in [4.78, 5) is 14.4. The number of phenolic OH excluding ortho intramolecular Hbond substituents is 1. The normalized spacial score (nSPS) is 10.7. The largest absolute Gasteiger partial charge is 0.508 e. The molecule has 3 rings (SSSR count). The monoisotopic (exact) mass is 285 g/mol. The van der Waals surface area contributed by atoms with Crippen molar-refractivity contribution in [1.82, 2.24) is 4.98 Å². The molecular weight excluding hydrogens is 274 g/mol. The van der Waals surface area contributed by atoms with Crippen LogP contribution in [0.1, 0.15) is 5.56 Å². The first-order chi connectivity index (χ1) is 10.1. The third-order valence-corrected chi connectivity index (χ3v) is 2.96. The summed E-state index contributed by atoms with van der Waals surface area (Å²) in [5.74, 6) is 0.202. The van der Waals surface area contributed by atoms with Crippen molar-refractivity contribution in [3.63, 3.8) is 0 Å². The Morgan fingerprint density at radius 1 is 1.24 bits per heavy atom. The van der Waals surface area contributed by atoms with Crippen LogP contribution >= 0.6 is 0 Å². The minimum absolute atomic E-state index is 0.0270. The lowest BCUT2D eigenvalue weighted by molar-refractivity contribution is -0.384. The first kappa shape index (κ1) is 12.9. The van der Waals surface area contributed by atoms with Crippen LogP contribution in [0.2, 0.25) is 0 Å². The van der Waals surface area contributed by atoms with E-state index in [-0.39, 0.29) is 11.4 Å². The lowest BCUT2D eigenvalue weighted by Crippen LogP contribution is -1.98. The number of aromatic hydroxyl groups is 1. The van der Waals surface area contributed by atoms with Gasteiger partial charge < -0.3 is 14.8 Å². The third kappa shape index (κ3) is 2.76. The van der Waals surface area contributed by atoms with E-state index in [4.69, 9.17) is 4.42 Å². The summed E-state index contributed by atoms with van der Waals surface area (Å²) < 4.78 is 5.45. The van der Waals surface area contributed by atoms with Gasteiger partial charge in [-0.25, -0.2) is 0 Å². The Kier molecular flexibility index (Phi) is 3.15. The van der Waals surface area contributed by atoms with Crippen molar-refractivity contribution in [2.24, 2.45) is 0 Å². The van der Waals surface area contributed by atoms with E-state index >= 15 is 0 Å². The number of hydrogen-bond acceptors (Lipinski definition) is 6.